The number of hydrogen-bond acceptors (Lipinski definition) is 3. The van der Waals surface area contributed by atoms with Gasteiger partial charge in [-0.15, -0.1) is 0 Å². The highest BCUT2D eigenvalue weighted by molar-refractivity contribution is 5.04. The molecule has 0 aliphatic carbocycles. The third-order valence-electron chi connectivity index (χ3n) is 1.35. The van der Waals surface area contributed by atoms with Gasteiger partial charge in [0, 0.05) is 18.7 Å². The van der Waals surface area contributed by atoms with E-state index in [2.05, 4.69) is 5.32 Å². The van der Waals surface area contributed by atoms with E-state index in [1.54, 1.807) is 19.5 Å². The number of hydrogen-bond donors (Lipinski definition) is 2. The molecule has 0 aromatic carbocycles. The molecule has 1 aromatic rings. The topological polar surface area (TPSA) is 45.4 Å². The minimum Gasteiger partial charge on any atom is -0.472 e. The summed E-state index contributed by atoms with van der Waals surface area (Å²) in [5.74, 6) is 0. The molecule has 1 unspecified atom stereocenters. The third-order valence-corrected chi connectivity index (χ3v) is 1.35. The predicted octanol–water partition coefficient (Wildman–Crippen LogP) is 0.750. The fourth-order valence-electron chi connectivity index (χ4n) is 0.819. The van der Waals surface area contributed by atoms with E-state index in [-0.39, 0.29) is 6.10 Å². The van der Waals surface area contributed by atoms with Gasteiger partial charge in [-0.3, -0.25) is 0 Å². The molecule has 0 amide bonds. The first kappa shape index (κ1) is 8.30. The van der Waals surface area contributed by atoms with Crippen LogP contribution in [0.3, 0.4) is 0 Å². The lowest BCUT2D eigenvalue weighted by molar-refractivity contribution is 0.191. The fraction of sp³-hybridized carbons (Fsp3) is 0.500. The van der Waals surface area contributed by atoms with Gasteiger partial charge in [0.15, 0.2) is 0 Å². The van der Waals surface area contributed by atoms with Crippen LogP contribution in [0.4, 0.5) is 0 Å². The molecule has 1 heterocycles. The average molecular weight is 155 g/mol. The Kier molecular flexibility index (Phi) is 3.14. The summed E-state index contributed by atoms with van der Waals surface area (Å²) in [6.07, 6.45) is 3.04. The van der Waals surface area contributed by atoms with Gasteiger partial charge >= 0.3 is 0 Å². The molecule has 11 heavy (non-hydrogen) atoms. The molecular formula is C8H13NO2. The van der Waals surface area contributed by atoms with Crippen molar-refractivity contribution in [3.63, 3.8) is 0 Å². The predicted molar refractivity (Wildman–Crippen MR) is 42.1 cm³/mol. The zero-order chi connectivity index (χ0) is 8.10. The molecule has 0 bridgehead atoms. The van der Waals surface area contributed by atoms with Gasteiger partial charge in [-0.25, -0.2) is 0 Å². The Bertz CT molecular complexity index is 182. The first-order chi connectivity index (χ1) is 5.29. The number of furan rings is 1. The van der Waals surface area contributed by atoms with Gasteiger partial charge in [0.05, 0.1) is 18.6 Å². The second-order valence-corrected chi connectivity index (χ2v) is 2.61. The Morgan fingerprint density at radius 1 is 1.73 bits per heavy atom. The van der Waals surface area contributed by atoms with Crippen LogP contribution >= 0.6 is 0 Å². The monoisotopic (exact) mass is 155 g/mol. The van der Waals surface area contributed by atoms with E-state index in [0.29, 0.717) is 6.54 Å². The highest BCUT2D eigenvalue weighted by Gasteiger charge is 1.95. The normalized spacial score (nSPS) is 13.3. The standard InChI is InChI=1S/C8H13NO2/c1-7(10)4-9-5-8-2-3-11-6-8/h2-3,6-7,9-10H,4-5H2,1H3. The van der Waals surface area contributed by atoms with Crippen LogP contribution in [0.2, 0.25) is 0 Å². The maximum atomic E-state index is 8.90. The molecule has 1 rings (SSSR count). The smallest absolute Gasteiger partial charge is 0.0947 e. The zero-order valence-electron chi connectivity index (χ0n) is 6.58. The Hall–Kier alpha value is -0.800. The maximum absolute atomic E-state index is 8.90. The first-order valence-electron chi connectivity index (χ1n) is 3.69. The van der Waals surface area contributed by atoms with E-state index in [4.69, 9.17) is 9.52 Å². The quantitative estimate of drug-likeness (QED) is 0.674. The third kappa shape index (κ3) is 3.20. The van der Waals surface area contributed by atoms with Crippen LogP contribution in [-0.4, -0.2) is 17.8 Å². The van der Waals surface area contributed by atoms with Crippen LogP contribution in [0, 0.1) is 0 Å². The van der Waals surface area contributed by atoms with Crippen molar-refractivity contribution in [2.75, 3.05) is 6.54 Å². The number of aliphatic hydroxyl groups is 1. The first-order valence-corrected chi connectivity index (χ1v) is 3.69. The molecule has 0 fully saturated rings. The Balaban J connectivity index is 2.14. The van der Waals surface area contributed by atoms with Crippen LogP contribution in [0.15, 0.2) is 23.0 Å². The van der Waals surface area contributed by atoms with E-state index in [9.17, 15) is 0 Å². The van der Waals surface area contributed by atoms with Gasteiger partial charge in [-0.1, -0.05) is 0 Å². The van der Waals surface area contributed by atoms with Crippen molar-refractivity contribution in [3.05, 3.63) is 24.2 Å². The summed E-state index contributed by atoms with van der Waals surface area (Å²) in [5, 5.41) is 12.0. The van der Waals surface area contributed by atoms with E-state index in [0.717, 1.165) is 12.1 Å². The number of aliphatic hydroxyl groups excluding tert-OH is 1. The van der Waals surface area contributed by atoms with Crippen LogP contribution < -0.4 is 5.32 Å². The Labute approximate surface area is 66.0 Å². The van der Waals surface area contributed by atoms with Crippen molar-refractivity contribution in [2.45, 2.75) is 19.6 Å². The summed E-state index contributed by atoms with van der Waals surface area (Å²) in [5.41, 5.74) is 1.10. The van der Waals surface area contributed by atoms with E-state index < -0.39 is 0 Å². The van der Waals surface area contributed by atoms with Gasteiger partial charge in [0.2, 0.25) is 0 Å². The molecule has 0 spiro atoms. The minimum absolute atomic E-state index is 0.290. The summed E-state index contributed by atoms with van der Waals surface area (Å²) >= 11 is 0. The number of nitrogens with one attached hydrogen (secondary N) is 1. The van der Waals surface area contributed by atoms with Crippen molar-refractivity contribution in [2.24, 2.45) is 0 Å². The lowest BCUT2D eigenvalue weighted by atomic mass is 10.3. The highest BCUT2D eigenvalue weighted by atomic mass is 16.3. The van der Waals surface area contributed by atoms with Crippen LogP contribution in [0.5, 0.6) is 0 Å². The molecule has 62 valence electrons. The molecule has 1 aromatic heterocycles. The van der Waals surface area contributed by atoms with Crippen molar-refractivity contribution in [1.29, 1.82) is 0 Å². The van der Waals surface area contributed by atoms with E-state index >= 15 is 0 Å². The summed E-state index contributed by atoms with van der Waals surface area (Å²) < 4.78 is 4.87. The molecule has 3 nitrogen and oxygen atoms in total. The van der Waals surface area contributed by atoms with E-state index in [1.807, 2.05) is 6.07 Å². The molecule has 0 saturated heterocycles. The van der Waals surface area contributed by atoms with E-state index in [1.165, 1.54) is 0 Å². The van der Waals surface area contributed by atoms with Crippen LogP contribution in [0.25, 0.3) is 0 Å². The maximum Gasteiger partial charge on any atom is 0.0947 e. The molecule has 0 radical (unpaired) electrons. The summed E-state index contributed by atoms with van der Waals surface area (Å²) in [6.45, 7) is 3.12. The van der Waals surface area contributed by atoms with Gasteiger partial charge < -0.3 is 14.8 Å². The van der Waals surface area contributed by atoms with Crippen LogP contribution in [-0.2, 0) is 6.54 Å². The van der Waals surface area contributed by atoms with Crippen molar-refractivity contribution >= 4 is 0 Å². The molecule has 0 aliphatic heterocycles. The molecule has 1 atom stereocenters. The van der Waals surface area contributed by atoms with Crippen molar-refractivity contribution in [1.82, 2.24) is 5.32 Å². The zero-order valence-corrected chi connectivity index (χ0v) is 6.58. The lowest BCUT2D eigenvalue weighted by Gasteiger charge is -2.04. The number of rotatable bonds is 4. The van der Waals surface area contributed by atoms with Crippen LogP contribution in [0.1, 0.15) is 12.5 Å². The summed E-state index contributed by atoms with van der Waals surface area (Å²) in [7, 11) is 0. The molecule has 0 saturated carbocycles. The molecule has 2 N–H and O–H groups in total. The van der Waals surface area contributed by atoms with Gasteiger partial charge in [-0.05, 0) is 13.0 Å². The average Bonchev–Trinajstić information content (AvgIpc) is 2.39. The lowest BCUT2D eigenvalue weighted by Crippen LogP contribution is -2.23. The van der Waals surface area contributed by atoms with Gasteiger partial charge in [-0.2, -0.15) is 0 Å². The van der Waals surface area contributed by atoms with Gasteiger partial charge in [0.1, 0.15) is 0 Å². The van der Waals surface area contributed by atoms with Crippen molar-refractivity contribution in [3.8, 4) is 0 Å². The van der Waals surface area contributed by atoms with Gasteiger partial charge in [0.25, 0.3) is 0 Å². The molecular weight excluding hydrogens is 142 g/mol. The summed E-state index contributed by atoms with van der Waals surface area (Å²) in [6, 6.07) is 1.90. The SMILES string of the molecule is CC(O)CNCc1ccoc1. The second kappa shape index (κ2) is 4.16. The summed E-state index contributed by atoms with van der Waals surface area (Å²) in [4.78, 5) is 0. The Morgan fingerprint density at radius 2 is 2.55 bits per heavy atom. The molecule has 0 aliphatic rings. The largest absolute Gasteiger partial charge is 0.472 e. The highest BCUT2D eigenvalue weighted by Crippen LogP contribution is 1.97. The molecule has 3 heteroatoms. The second-order valence-electron chi connectivity index (χ2n) is 2.61. The van der Waals surface area contributed by atoms with Crippen molar-refractivity contribution < 1.29 is 9.52 Å². The fourth-order valence-corrected chi connectivity index (χ4v) is 0.819. The minimum atomic E-state index is -0.290. The Morgan fingerprint density at radius 3 is 3.09 bits per heavy atom.